The number of thioether (sulfide) groups is 1. The predicted molar refractivity (Wildman–Crippen MR) is 108 cm³/mol. The second kappa shape index (κ2) is 7.14. The molecule has 0 spiro atoms. The Kier molecular flexibility index (Phi) is 5.29. The van der Waals surface area contributed by atoms with Gasteiger partial charge < -0.3 is 4.90 Å². The van der Waals surface area contributed by atoms with E-state index in [1.165, 1.54) is 17.7 Å². The minimum atomic E-state index is 0.0898. The van der Waals surface area contributed by atoms with Gasteiger partial charge in [0.25, 0.3) is 5.91 Å². The molecule has 1 fully saturated rings. The van der Waals surface area contributed by atoms with Crippen LogP contribution in [-0.4, -0.2) is 22.9 Å². The summed E-state index contributed by atoms with van der Waals surface area (Å²) < 4.78 is 0. The number of hydrogen-bond donors (Lipinski definition) is 0. The zero-order chi connectivity index (χ0) is 18.2. The van der Waals surface area contributed by atoms with E-state index in [2.05, 4.69) is 68.8 Å². The fourth-order valence-corrected chi connectivity index (χ4v) is 5.42. The number of carbonyl (C=O) groups excluding carboxylic acids is 1. The van der Waals surface area contributed by atoms with E-state index in [0.717, 1.165) is 24.6 Å². The van der Waals surface area contributed by atoms with Crippen LogP contribution in [0.2, 0.25) is 0 Å². The van der Waals surface area contributed by atoms with Crippen LogP contribution in [0.1, 0.15) is 65.4 Å². The Morgan fingerprint density at radius 2 is 2.04 bits per heavy atom. The lowest BCUT2D eigenvalue weighted by Gasteiger charge is -2.42. The standard InChI is InChI=1S/C21H30N2OS/c1-6-23(17-10-8-7-9-15(17)14(2)3)20-22-19(24)16-13-21(4,5)12-11-18(16)25-20/h7-10,14,16,18H,6,11-13H2,1-5H3. The Morgan fingerprint density at radius 3 is 2.72 bits per heavy atom. The van der Waals surface area contributed by atoms with Gasteiger partial charge in [0, 0.05) is 17.5 Å². The minimum absolute atomic E-state index is 0.0898. The van der Waals surface area contributed by atoms with Gasteiger partial charge in [-0.3, -0.25) is 4.79 Å². The van der Waals surface area contributed by atoms with Gasteiger partial charge in [-0.15, -0.1) is 0 Å². The van der Waals surface area contributed by atoms with Crippen molar-refractivity contribution in [3.63, 3.8) is 0 Å². The van der Waals surface area contributed by atoms with Crippen molar-refractivity contribution in [2.75, 3.05) is 11.4 Å². The van der Waals surface area contributed by atoms with Gasteiger partial charge in [0.1, 0.15) is 0 Å². The van der Waals surface area contributed by atoms with Gasteiger partial charge in [0.05, 0.1) is 5.92 Å². The molecule has 0 N–H and O–H groups in total. The van der Waals surface area contributed by atoms with Crippen molar-refractivity contribution in [1.29, 1.82) is 0 Å². The number of carbonyl (C=O) groups is 1. The zero-order valence-electron chi connectivity index (χ0n) is 16.1. The highest BCUT2D eigenvalue weighted by atomic mass is 32.2. The summed E-state index contributed by atoms with van der Waals surface area (Å²) in [5.41, 5.74) is 2.76. The Bertz CT molecular complexity index is 680. The quantitative estimate of drug-likeness (QED) is 0.719. The van der Waals surface area contributed by atoms with Gasteiger partial charge >= 0.3 is 0 Å². The second-order valence-corrected chi connectivity index (χ2v) is 9.57. The van der Waals surface area contributed by atoms with Crippen molar-refractivity contribution in [1.82, 2.24) is 0 Å². The molecule has 136 valence electrons. The summed E-state index contributed by atoms with van der Waals surface area (Å²) in [5, 5.41) is 1.27. The van der Waals surface area contributed by atoms with Crippen LogP contribution in [0.15, 0.2) is 29.3 Å². The summed E-state index contributed by atoms with van der Waals surface area (Å²) in [5.74, 6) is 0.627. The summed E-state index contributed by atoms with van der Waals surface area (Å²) in [6.45, 7) is 11.9. The molecule has 2 aliphatic rings. The maximum atomic E-state index is 12.8. The lowest BCUT2D eigenvalue weighted by Crippen LogP contribution is -2.43. The van der Waals surface area contributed by atoms with Gasteiger partial charge in [-0.05, 0) is 49.1 Å². The predicted octanol–water partition coefficient (Wildman–Crippen LogP) is 5.46. The summed E-state index contributed by atoms with van der Waals surface area (Å²) in [6, 6.07) is 8.51. The van der Waals surface area contributed by atoms with E-state index < -0.39 is 0 Å². The molecule has 0 aromatic heterocycles. The van der Waals surface area contributed by atoms with Crippen molar-refractivity contribution >= 4 is 28.5 Å². The molecule has 1 saturated carbocycles. The monoisotopic (exact) mass is 358 g/mol. The molecule has 0 radical (unpaired) electrons. The molecule has 25 heavy (non-hydrogen) atoms. The van der Waals surface area contributed by atoms with Gasteiger partial charge in [0.2, 0.25) is 0 Å². The van der Waals surface area contributed by atoms with Gasteiger partial charge in [-0.2, -0.15) is 4.99 Å². The van der Waals surface area contributed by atoms with Gasteiger partial charge in [-0.25, -0.2) is 0 Å². The number of benzene rings is 1. The summed E-state index contributed by atoms with van der Waals surface area (Å²) in [6.07, 6.45) is 3.27. The Labute approximate surface area is 156 Å². The van der Waals surface area contributed by atoms with Crippen molar-refractivity contribution in [2.45, 2.75) is 65.0 Å². The number of nitrogens with zero attached hydrogens (tertiary/aromatic N) is 2. The third-order valence-electron chi connectivity index (χ3n) is 5.50. The Hall–Kier alpha value is -1.29. The summed E-state index contributed by atoms with van der Waals surface area (Å²) in [4.78, 5) is 19.5. The van der Waals surface area contributed by atoms with Crippen LogP contribution in [-0.2, 0) is 4.79 Å². The number of fused-ring (bicyclic) bond motifs is 1. The van der Waals surface area contributed by atoms with E-state index in [4.69, 9.17) is 0 Å². The first-order chi connectivity index (χ1) is 11.8. The largest absolute Gasteiger partial charge is 0.321 e. The van der Waals surface area contributed by atoms with Crippen molar-refractivity contribution in [3.8, 4) is 0 Å². The minimum Gasteiger partial charge on any atom is -0.321 e. The highest BCUT2D eigenvalue weighted by Gasteiger charge is 2.43. The first-order valence-electron chi connectivity index (χ1n) is 9.48. The van der Waals surface area contributed by atoms with E-state index >= 15 is 0 Å². The summed E-state index contributed by atoms with van der Waals surface area (Å²) in [7, 11) is 0. The van der Waals surface area contributed by atoms with E-state index in [9.17, 15) is 4.79 Å². The third-order valence-corrected chi connectivity index (χ3v) is 6.89. The molecule has 0 bridgehead atoms. The molecule has 3 rings (SSSR count). The van der Waals surface area contributed by atoms with Gasteiger partial charge in [0.15, 0.2) is 5.17 Å². The maximum absolute atomic E-state index is 12.8. The summed E-state index contributed by atoms with van der Waals surface area (Å²) >= 11 is 1.82. The molecule has 1 aliphatic carbocycles. The van der Waals surface area contributed by atoms with E-state index in [0.29, 0.717) is 11.2 Å². The average Bonchev–Trinajstić information content (AvgIpc) is 2.56. The molecule has 4 heteroatoms. The van der Waals surface area contributed by atoms with E-state index in [1.807, 2.05) is 11.8 Å². The molecule has 1 aromatic rings. The van der Waals surface area contributed by atoms with E-state index in [1.54, 1.807) is 0 Å². The number of anilines is 1. The number of para-hydroxylation sites is 1. The number of amidine groups is 1. The number of aliphatic imine (C=N–C) groups is 1. The van der Waals surface area contributed by atoms with Crippen LogP contribution in [0, 0.1) is 11.3 Å². The van der Waals surface area contributed by atoms with Crippen molar-refractivity contribution in [2.24, 2.45) is 16.3 Å². The Morgan fingerprint density at radius 1 is 1.32 bits per heavy atom. The molecule has 2 atom stereocenters. The molecule has 0 saturated heterocycles. The molecule has 1 aliphatic heterocycles. The number of rotatable bonds is 3. The van der Waals surface area contributed by atoms with Crippen LogP contribution >= 0.6 is 11.8 Å². The number of hydrogen-bond acceptors (Lipinski definition) is 3. The number of amides is 1. The molecule has 3 nitrogen and oxygen atoms in total. The topological polar surface area (TPSA) is 32.7 Å². The SMILES string of the molecule is CCN(C1=NC(=O)C2CC(C)(C)CCC2S1)c1ccccc1C(C)C. The molecule has 1 heterocycles. The lowest BCUT2D eigenvalue weighted by atomic mass is 9.71. The fraction of sp³-hybridized carbons (Fsp3) is 0.619. The Balaban J connectivity index is 1.92. The van der Waals surface area contributed by atoms with Crippen molar-refractivity contribution in [3.05, 3.63) is 29.8 Å². The maximum Gasteiger partial charge on any atom is 0.252 e. The zero-order valence-corrected chi connectivity index (χ0v) is 16.9. The van der Waals surface area contributed by atoms with Crippen LogP contribution in [0.3, 0.4) is 0 Å². The lowest BCUT2D eigenvalue weighted by molar-refractivity contribution is -0.123. The first kappa shape index (κ1) is 18.5. The van der Waals surface area contributed by atoms with Crippen LogP contribution in [0.4, 0.5) is 5.69 Å². The van der Waals surface area contributed by atoms with Gasteiger partial charge in [-0.1, -0.05) is 57.7 Å². The first-order valence-corrected chi connectivity index (χ1v) is 10.4. The highest BCUT2D eigenvalue weighted by molar-refractivity contribution is 8.14. The molecular formula is C21H30N2OS. The molecule has 1 amide bonds. The smallest absolute Gasteiger partial charge is 0.252 e. The van der Waals surface area contributed by atoms with Crippen molar-refractivity contribution < 1.29 is 4.79 Å². The molecular weight excluding hydrogens is 328 g/mol. The normalized spacial score (nSPS) is 25.5. The molecule has 2 unspecified atom stereocenters. The molecule has 1 aromatic carbocycles. The van der Waals surface area contributed by atoms with E-state index in [-0.39, 0.29) is 17.2 Å². The highest BCUT2D eigenvalue weighted by Crippen LogP contribution is 2.46. The third kappa shape index (κ3) is 3.79. The van der Waals surface area contributed by atoms with Crippen LogP contribution in [0.5, 0.6) is 0 Å². The fourth-order valence-electron chi connectivity index (χ4n) is 4.04. The second-order valence-electron chi connectivity index (χ2n) is 8.36. The van der Waals surface area contributed by atoms with Crippen LogP contribution in [0.25, 0.3) is 0 Å². The van der Waals surface area contributed by atoms with Crippen LogP contribution < -0.4 is 4.90 Å². The average molecular weight is 359 g/mol.